The first-order chi connectivity index (χ1) is 12.1. The van der Waals surface area contributed by atoms with Gasteiger partial charge in [-0.25, -0.2) is 14.8 Å². The molecular formula is C18H17N3O5S. The molecule has 3 aromatic heterocycles. The molecule has 9 heteroatoms. The van der Waals surface area contributed by atoms with Gasteiger partial charge in [-0.05, 0) is 18.6 Å². The Morgan fingerprint density at radius 3 is 2.44 bits per heavy atom. The molecule has 1 aromatic carbocycles. The number of benzene rings is 1. The molecule has 3 heterocycles. The van der Waals surface area contributed by atoms with Crippen molar-refractivity contribution in [1.29, 1.82) is 0 Å². The largest absolute Gasteiger partial charge is 0.480 e. The van der Waals surface area contributed by atoms with Gasteiger partial charge >= 0.3 is 5.97 Å². The van der Waals surface area contributed by atoms with Crippen molar-refractivity contribution in [2.24, 2.45) is 0 Å². The molecule has 0 saturated carbocycles. The number of carboxylic acids is 1. The van der Waals surface area contributed by atoms with E-state index >= 15 is 0 Å². The Labute approximate surface area is 157 Å². The van der Waals surface area contributed by atoms with Crippen LogP contribution in [0.15, 0.2) is 36.4 Å². The Morgan fingerprint density at radius 1 is 1.11 bits per heavy atom. The number of ether oxygens (including phenoxy) is 1. The molecule has 5 N–H and O–H groups in total. The van der Waals surface area contributed by atoms with Crippen LogP contribution in [0.3, 0.4) is 0 Å². The number of fused-ring (bicyclic) bond motifs is 3. The molecule has 0 aliphatic rings. The molecule has 0 bridgehead atoms. The van der Waals surface area contributed by atoms with Gasteiger partial charge in [0.25, 0.3) is 0 Å². The van der Waals surface area contributed by atoms with Crippen LogP contribution in [0.1, 0.15) is 16.2 Å². The summed E-state index contributed by atoms with van der Waals surface area (Å²) in [6.45, 7) is 1.97. The zero-order valence-corrected chi connectivity index (χ0v) is 15.3. The standard InChI is InChI=1S/C18H13N3O3S.2H2O/c1-9-8-11(10-6-4-3-5-7-10)19-17-12(9)13-14(25-17)16(24-2)21-15(20-13)18(22)23;;/h3-8H,1-2H3,(H,22,23);2*1H2. The Hall–Kier alpha value is -3.14. The summed E-state index contributed by atoms with van der Waals surface area (Å²) in [6.07, 6.45) is 0. The first kappa shape index (κ1) is 20.2. The van der Waals surface area contributed by atoms with Crippen molar-refractivity contribution in [3.05, 3.63) is 47.8 Å². The average molecular weight is 387 g/mol. The topological polar surface area (TPSA) is 148 Å². The number of nitrogens with zero attached hydrogens (tertiary/aromatic N) is 3. The van der Waals surface area contributed by atoms with Gasteiger partial charge in [0.1, 0.15) is 9.53 Å². The lowest BCUT2D eigenvalue weighted by Gasteiger charge is -2.04. The summed E-state index contributed by atoms with van der Waals surface area (Å²) in [5.41, 5.74) is 3.43. The van der Waals surface area contributed by atoms with Crippen LogP contribution in [0.2, 0.25) is 0 Å². The third-order valence-electron chi connectivity index (χ3n) is 3.91. The number of hydrogen-bond acceptors (Lipinski definition) is 6. The molecule has 0 aliphatic carbocycles. The van der Waals surface area contributed by atoms with Crippen molar-refractivity contribution in [2.75, 3.05) is 7.11 Å². The fourth-order valence-electron chi connectivity index (χ4n) is 2.78. The lowest BCUT2D eigenvalue weighted by atomic mass is 10.1. The van der Waals surface area contributed by atoms with Gasteiger partial charge in [0.2, 0.25) is 11.7 Å². The first-order valence-corrected chi connectivity index (χ1v) is 8.34. The summed E-state index contributed by atoms with van der Waals surface area (Å²) in [5, 5.41) is 10.1. The highest BCUT2D eigenvalue weighted by Crippen LogP contribution is 2.39. The van der Waals surface area contributed by atoms with Crippen molar-refractivity contribution in [3.63, 3.8) is 0 Å². The Kier molecular flexibility index (Phi) is 5.69. The van der Waals surface area contributed by atoms with Crippen molar-refractivity contribution in [1.82, 2.24) is 15.0 Å². The van der Waals surface area contributed by atoms with Crippen LogP contribution in [0.5, 0.6) is 5.88 Å². The van der Waals surface area contributed by atoms with E-state index in [2.05, 4.69) is 9.97 Å². The van der Waals surface area contributed by atoms with Gasteiger partial charge in [-0.15, -0.1) is 11.3 Å². The van der Waals surface area contributed by atoms with E-state index in [0.29, 0.717) is 10.2 Å². The molecule has 4 aromatic rings. The van der Waals surface area contributed by atoms with Crippen LogP contribution < -0.4 is 4.74 Å². The summed E-state index contributed by atoms with van der Waals surface area (Å²) >= 11 is 1.40. The minimum Gasteiger partial charge on any atom is -0.480 e. The van der Waals surface area contributed by atoms with E-state index in [1.54, 1.807) is 0 Å². The van der Waals surface area contributed by atoms with Gasteiger partial charge in [0, 0.05) is 10.9 Å². The molecule has 0 spiro atoms. The third kappa shape index (κ3) is 3.31. The molecule has 140 valence electrons. The van der Waals surface area contributed by atoms with Crippen LogP contribution in [-0.2, 0) is 0 Å². The molecule has 0 unspecified atom stereocenters. The summed E-state index contributed by atoms with van der Waals surface area (Å²) in [7, 11) is 1.47. The van der Waals surface area contributed by atoms with Crippen LogP contribution in [0.4, 0.5) is 0 Å². The molecular weight excluding hydrogens is 370 g/mol. The van der Waals surface area contributed by atoms with Gasteiger partial charge < -0.3 is 20.8 Å². The highest BCUT2D eigenvalue weighted by Gasteiger charge is 2.20. The van der Waals surface area contributed by atoms with Gasteiger partial charge in [-0.3, -0.25) is 0 Å². The number of aryl methyl sites for hydroxylation is 1. The van der Waals surface area contributed by atoms with Crippen molar-refractivity contribution in [3.8, 4) is 17.1 Å². The number of aromatic nitrogens is 3. The number of aromatic carboxylic acids is 1. The summed E-state index contributed by atoms with van der Waals surface area (Å²) in [6, 6.07) is 11.9. The summed E-state index contributed by atoms with van der Waals surface area (Å²) < 4.78 is 5.97. The summed E-state index contributed by atoms with van der Waals surface area (Å²) in [5.74, 6) is -1.22. The molecule has 0 saturated heterocycles. The van der Waals surface area contributed by atoms with E-state index in [9.17, 15) is 9.90 Å². The second-order valence-corrected chi connectivity index (χ2v) is 6.51. The highest BCUT2D eigenvalue weighted by molar-refractivity contribution is 7.25. The van der Waals surface area contributed by atoms with Gasteiger partial charge in [-0.1, -0.05) is 30.3 Å². The minimum absolute atomic E-state index is 0. The fraction of sp³-hybridized carbons (Fsp3) is 0.111. The zero-order valence-electron chi connectivity index (χ0n) is 14.5. The van der Waals surface area contributed by atoms with E-state index in [4.69, 9.17) is 9.72 Å². The predicted molar refractivity (Wildman–Crippen MR) is 104 cm³/mol. The van der Waals surface area contributed by atoms with Crippen LogP contribution in [-0.4, -0.2) is 44.1 Å². The lowest BCUT2D eigenvalue weighted by Crippen LogP contribution is -2.05. The zero-order chi connectivity index (χ0) is 17.6. The maximum Gasteiger partial charge on any atom is 0.374 e. The summed E-state index contributed by atoms with van der Waals surface area (Å²) in [4.78, 5) is 25.0. The number of hydrogen-bond donors (Lipinski definition) is 1. The maximum absolute atomic E-state index is 11.3. The first-order valence-electron chi connectivity index (χ1n) is 7.53. The third-order valence-corrected chi connectivity index (χ3v) is 4.97. The second kappa shape index (κ2) is 7.62. The second-order valence-electron chi connectivity index (χ2n) is 5.51. The van der Waals surface area contributed by atoms with E-state index in [1.165, 1.54) is 18.4 Å². The van der Waals surface area contributed by atoms with Crippen LogP contribution in [0.25, 0.3) is 31.7 Å². The number of thiophene rings is 1. The fourth-order valence-corrected chi connectivity index (χ4v) is 3.94. The Bertz CT molecular complexity index is 1130. The molecule has 0 aliphatic heterocycles. The molecule has 8 nitrogen and oxygen atoms in total. The van der Waals surface area contributed by atoms with Gasteiger partial charge in [0.15, 0.2) is 0 Å². The SMILES string of the molecule is COc1nc(C(=O)O)nc2c1sc1nc(-c3ccccc3)cc(C)c12.O.O. The monoisotopic (exact) mass is 387 g/mol. The van der Waals surface area contributed by atoms with E-state index < -0.39 is 5.97 Å². The van der Waals surface area contributed by atoms with E-state index in [1.807, 2.05) is 43.3 Å². The smallest absolute Gasteiger partial charge is 0.374 e. The molecule has 0 amide bonds. The van der Waals surface area contributed by atoms with Crippen LogP contribution in [0, 0.1) is 6.92 Å². The number of pyridine rings is 1. The molecule has 4 rings (SSSR count). The van der Waals surface area contributed by atoms with Crippen molar-refractivity contribution >= 4 is 37.7 Å². The quantitative estimate of drug-likeness (QED) is 0.570. The Morgan fingerprint density at radius 2 is 1.81 bits per heavy atom. The van der Waals surface area contributed by atoms with Crippen molar-refractivity contribution in [2.45, 2.75) is 6.92 Å². The average Bonchev–Trinajstić information content (AvgIpc) is 3.00. The highest BCUT2D eigenvalue weighted by atomic mass is 32.1. The van der Waals surface area contributed by atoms with Crippen molar-refractivity contribution < 1.29 is 25.6 Å². The van der Waals surface area contributed by atoms with Gasteiger partial charge in [-0.2, -0.15) is 4.98 Å². The van der Waals surface area contributed by atoms with Gasteiger partial charge in [0.05, 0.1) is 18.3 Å². The maximum atomic E-state index is 11.3. The normalized spacial score (nSPS) is 10.3. The number of carboxylic acid groups (broad SMARTS) is 1. The Balaban J connectivity index is 0.00000131. The van der Waals surface area contributed by atoms with E-state index in [0.717, 1.165) is 27.0 Å². The predicted octanol–water partition coefficient (Wildman–Crippen LogP) is 2.27. The van der Waals surface area contributed by atoms with Crippen LogP contribution >= 0.6 is 11.3 Å². The number of carbonyl (C=O) groups is 1. The number of methoxy groups -OCH3 is 1. The molecule has 0 atom stereocenters. The molecule has 0 fully saturated rings. The lowest BCUT2D eigenvalue weighted by molar-refractivity contribution is 0.0683. The minimum atomic E-state index is -1.19. The van der Waals surface area contributed by atoms with E-state index in [-0.39, 0.29) is 22.7 Å². The molecule has 0 radical (unpaired) electrons. The molecule has 27 heavy (non-hydrogen) atoms. The number of rotatable bonds is 3.